The maximum absolute atomic E-state index is 12.1. The first-order valence-corrected chi connectivity index (χ1v) is 6.42. The number of hydrogen-bond acceptors (Lipinski definition) is 4. The average molecular weight is 317 g/mol. The number of rotatable bonds is 4. The van der Waals surface area contributed by atoms with E-state index in [0.29, 0.717) is 18.7 Å². The van der Waals surface area contributed by atoms with Gasteiger partial charge in [0.25, 0.3) is 0 Å². The molecule has 3 N–H and O–H groups in total. The minimum atomic E-state index is -4.78. The standard InChI is InChI=1S/C13H14F3N3O3/c14-13(15,16)22-9-3-1-8(2-4-9)11-12(21)18-5-6-19(11)7-10(17)20/h1-4,11H,5-7H2,(H2,17,20)(H,18,21)/t11-/m1/s1. The van der Waals surface area contributed by atoms with Crippen LogP contribution in [0.5, 0.6) is 5.75 Å². The zero-order valence-electron chi connectivity index (χ0n) is 11.4. The van der Waals surface area contributed by atoms with Gasteiger partial charge in [0.15, 0.2) is 0 Å². The molecule has 1 fully saturated rings. The van der Waals surface area contributed by atoms with Gasteiger partial charge >= 0.3 is 6.36 Å². The average Bonchev–Trinajstić information content (AvgIpc) is 2.38. The monoisotopic (exact) mass is 317 g/mol. The summed E-state index contributed by atoms with van der Waals surface area (Å²) in [6, 6.07) is 4.16. The van der Waals surface area contributed by atoms with Gasteiger partial charge in [-0.15, -0.1) is 13.2 Å². The van der Waals surface area contributed by atoms with E-state index in [2.05, 4.69) is 10.1 Å². The number of amides is 2. The zero-order chi connectivity index (χ0) is 16.3. The second-order valence-electron chi connectivity index (χ2n) is 4.75. The molecular weight excluding hydrogens is 303 g/mol. The smallest absolute Gasteiger partial charge is 0.406 e. The van der Waals surface area contributed by atoms with E-state index in [9.17, 15) is 22.8 Å². The zero-order valence-corrected chi connectivity index (χ0v) is 11.4. The summed E-state index contributed by atoms with van der Waals surface area (Å²) in [5, 5.41) is 2.64. The van der Waals surface area contributed by atoms with E-state index in [0.717, 1.165) is 12.1 Å². The highest BCUT2D eigenvalue weighted by molar-refractivity contribution is 5.85. The van der Waals surface area contributed by atoms with Crippen LogP contribution in [0.2, 0.25) is 0 Å². The molecule has 1 aromatic rings. The summed E-state index contributed by atoms with van der Waals surface area (Å²) in [4.78, 5) is 24.6. The first kappa shape index (κ1) is 16.1. The van der Waals surface area contributed by atoms with Gasteiger partial charge in [0.1, 0.15) is 11.8 Å². The van der Waals surface area contributed by atoms with Crippen molar-refractivity contribution in [2.75, 3.05) is 19.6 Å². The number of alkyl halides is 3. The Morgan fingerprint density at radius 3 is 2.55 bits per heavy atom. The third-order valence-corrected chi connectivity index (χ3v) is 3.10. The second-order valence-corrected chi connectivity index (χ2v) is 4.75. The number of nitrogens with one attached hydrogen (secondary N) is 1. The lowest BCUT2D eigenvalue weighted by molar-refractivity contribution is -0.274. The molecule has 0 unspecified atom stereocenters. The Labute approximate surface area is 124 Å². The molecule has 120 valence electrons. The number of carbonyl (C=O) groups is 2. The first-order valence-electron chi connectivity index (χ1n) is 6.42. The van der Waals surface area contributed by atoms with Crippen molar-refractivity contribution in [3.05, 3.63) is 29.8 Å². The Bertz CT molecular complexity index is 560. The number of primary amides is 1. The number of hydrogen-bond donors (Lipinski definition) is 2. The van der Waals surface area contributed by atoms with Gasteiger partial charge in [-0.2, -0.15) is 0 Å². The Kier molecular flexibility index (Phi) is 4.55. The fourth-order valence-corrected chi connectivity index (χ4v) is 2.30. The molecule has 2 amide bonds. The molecule has 1 saturated heterocycles. The molecule has 0 aliphatic carbocycles. The third kappa shape index (κ3) is 4.10. The number of piperazine rings is 1. The predicted molar refractivity (Wildman–Crippen MR) is 69.6 cm³/mol. The van der Waals surface area contributed by atoms with Crippen LogP contribution in [-0.4, -0.2) is 42.7 Å². The van der Waals surface area contributed by atoms with Gasteiger partial charge in [-0.1, -0.05) is 12.1 Å². The quantitative estimate of drug-likeness (QED) is 0.849. The molecule has 0 saturated carbocycles. The molecule has 9 heteroatoms. The molecule has 2 rings (SSSR count). The third-order valence-electron chi connectivity index (χ3n) is 3.10. The molecule has 1 aromatic carbocycles. The summed E-state index contributed by atoms with van der Waals surface area (Å²) < 4.78 is 40.1. The number of nitrogens with two attached hydrogens (primary N) is 1. The highest BCUT2D eigenvalue weighted by atomic mass is 19.4. The highest BCUT2D eigenvalue weighted by Gasteiger charge is 2.33. The van der Waals surface area contributed by atoms with Crippen molar-refractivity contribution < 1.29 is 27.5 Å². The Hall–Kier alpha value is -2.29. The van der Waals surface area contributed by atoms with Gasteiger partial charge in [0, 0.05) is 13.1 Å². The van der Waals surface area contributed by atoms with Crippen LogP contribution >= 0.6 is 0 Å². The van der Waals surface area contributed by atoms with Crippen LogP contribution in [-0.2, 0) is 9.59 Å². The second kappa shape index (κ2) is 6.22. The van der Waals surface area contributed by atoms with Crippen molar-refractivity contribution in [2.45, 2.75) is 12.4 Å². The van der Waals surface area contributed by atoms with E-state index in [1.165, 1.54) is 12.1 Å². The minimum Gasteiger partial charge on any atom is -0.406 e. The fourth-order valence-electron chi connectivity index (χ4n) is 2.30. The van der Waals surface area contributed by atoms with E-state index in [4.69, 9.17) is 5.73 Å². The molecular formula is C13H14F3N3O3. The van der Waals surface area contributed by atoms with Gasteiger partial charge in [-0.25, -0.2) is 0 Å². The number of benzene rings is 1. The Morgan fingerprint density at radius 1 is 1.36 bits per heavy atom. The molecule has 1 atom stereocenters. The Balaban J connectivity index is 2.19. The summed E-state index contributed by atoms with van der Waals surface area (Å²) >= 11 is 0. The normalized spacial score (nSPS) is 19.6. The van der Waals surface area contributed by atoms with Crippen LogP contribution in [0, 0.1) is 0 Å². The van der Waals surface area contributed by atoms with Crippen LogP contribution in [0.4, 0.5) is 13.2 Å². The summed E-state index contributed by atoms with van der Waals surface area (Å²) in [7, 11) is 0. The lowest BCUT2D eigenvalue weighted by Crippen LogP contribution is -2.52. The van der Waals surface area contributed by atoms with E-state index in [1.54, 1.807) is 4.90 Å². The minimum absolute atomic E-state index is 0.112. The van der Waals surface area contributed by atoms with Gasteiger partial charge in [-0.3, -0.25) is 14.5 Å². The van der Waals surface area contributed by atoms with E-state index < -0.39 is 18.3 Å². The van der Waals surface area contributed by atoms with Crippen molar-refractivity contribution in [3.8, 4) is 5.75 Å². The first-order chi connectivity index (χ1) is 10.3. The van der Waals surface area contributed by atoms with Crippen molar-refractivity contribution in [3.63, 3.8) is 0 Å². The fraction of sp³-hybridized carbons (Fsp3) is 0.385. The molecule has 1 aliphatic rings. The maximum atomic E-state index is 12.1. The van der Waals surface area contributed by atoms with E-state index >= 15 is 0 Å². The van der Waals surface area contributed by atoms with Crippen LogP contribution in [0.1, 0.15) is 11.6 Å². The van der Waals surface area contributed by atoms with Gasteiger partial charge in [-0.05, 0) is 17.7 Å². The van der Waals surface area contributed by atoms with Gasteiger partial charge in [0.2, 0.25) is 11.8 Å². The summed E-state index contributed by atoms with van der Waals surface area (Å²) in [6.07, 6.45) is -4.78. The van der Waals surface area contributed by atoms with Crippen LogP contribution in [0.3, 0.4) is 0 Å². The van der Waals surface area contributed by atoms with Crippen LogP contribution < -0.4 is 15.8 Å². The number of nitrogens with zero attached hydrogens (tertiary/aromatic N) is 1. The van der Waals surface area contributed by atoms with Crippen LogP contribution in [0.15, 0.2) is 24.3 Å². The lowest BCUT2D eigenvalue weighted by Gasteiger charge is -2.34. The predicted octanol–water partition coefficient (Wildman–Crippen LogP) is 0.543. The molecule has 0 spiro atoms. The van der Waals surface area contributed by atoms with Crippen molar-refractivity contribution in [1.82, 2.24) is 10.2 Å². The number of halogens is 3. The van der Waals surface area contributed by atoms with E-state index in [1.807, 2.05) is 0 Å². The maximum Gasteiger partial charge on any atom is 0.573 e. The molecule has 1 aliphatic heterocycles. The molecule has 0 radical (unpaired) electrons. The largest absolute Gasteiger partial charge is 0.573 e. The SMILES string of the molecule is NC(=O)CN1CCNC(=O)[C@H]1c1ccc(OC(F)(F)F)cc1. The highest BCUT2D eigenvalue weighted by Crippen LogP contribution is 2.27. The van der Waals surface area contributed by atoms with Crippen molar-refractivity contribution in [1.29, 1.82) is 0 Å². The topological polar surface area (TPSA) is 84.7 Å². The summed E-state index contributed by atoms with van der Waals surface area (Å²) in [6.45, 7) is 0.678. The van der Waals surface area contributed by atoms with Gasteiger partial charge in [0.05, 0.1) is 6.54 Å². The van der Waals surface area contributed by atoms with Crippen LogP contribution in [0.25, 0.3) is 0 Å². The number of carbonyl (C=O) groups excluding carboxylic acids is 2. The molecule has 6 nitrogen and oxygen atoms in total. The number of ether oxygens (including phenoxy) is 1. The molecule has 0 aromatic heterocycles. The summed E-state index contributed by atoms with van der Waals surface area (Å²) in [5.74, 6) is -1.30. The van der Waals surface area contributed by atoms with E-state index in [-0.39, 0.29) is 18.2 Å². The van der Waals surface area contributed by atoms with Gasteiger partial charge < -0.3 is 15.8 Å². The van der Waals surface area contributed by atoms with Crippen molar-refractivity contribution >= 4 is 11.8 Å². The molecule has 0 bridgehead atoms. The van der Waals surface area contributed by atoms with Crippen molar-refractivity contribution in [2.24, 2.45) is 5.73 Å². The lowest BCUT2D eigenvalue weighted by atomic mass is 10.0. The Morgan fingerprint density at radius 2 is 2.00 bits per heavy atom. The molecule has 22 heavy (non-hydrogen) atoms. The molecule has 1 heterocycles. The summed E-state index contributed by atoms with van der Waals surface area (Å²) in [5.41, 5.74) is 5.60.